The van der Waals surface area contributed by atoms with Gasteiger partial charge in [0.15, 0.2) is 0 Å². The van der Waals surface area contributed by atoms with Crippen molar-refractivity contribution < 1.29 is 14.3 Å². The van der Waals surface area contributed by atoms with Gasteiger partial charge in [-0.05, 0) is 18.8 Å². The fourth-order valence-corrected chi connectivity index (χ4v) is 2.40. The maximum Gasteiger partial charge on any atom is 0.252 e. The second kappa shape index (κ2) is 6.33. The van der Waals surface area contributed by atoms with Gasteiger partial charge in [-0.2, -0.15) is 0 Å². The number of amides is 1. The second-order valence-electron chi connectivity index (χ2n) is 4.87. The number of morpholine rings is 1. The minimum absolute atomic E-state index is 0.0859. The molecule has 2 unspecified atom stereocenters. The fraction of sp³-hybridized carbons (Fsp3) is 0.917. The first-order valence-electron chi connectivity index (χ1n) is 6.42. The van der Waals surface area contributed by atoms with Gasteiger partial charge in [0.1, 0.15) is 6.10 Å². The lowest BCUT2D eigenvalue weighted by Crippen LogP contribution is -2.49. The normalized spacial score (nSPS) is 29.9. The molecular weight excluding hydrogens is 220 g/mol. The van der Waals surface area contributed by atoms with Crippen molar-refractivity contribution in [2.45, 2.75) is 18.9 Å². The van der Waals surface area contributed by atoms with Crippen molar-refractivity contribution in [3.05, 3.63) is 0 Å². The molecule has 5 nitrogen and oxygen atoms in total. The summed E-state index contributed by atoms with van der Waals surface area (Å²) in [5.74, 6) is 0.567. The summed E-state index contributed by atoms with van der Waals surface area (Å²) in [6.45, 7) is 4.51. The van der Waals surface area contributed by atoms with Crippen LogP contribution in [0.15, 0.2) is 0 Å². The largest absolute Gasteiger partial charge is 0.381 e. The van der Waals surface area contributed by atoms with Crippen LogP contribution in [0.25, 0.3) is 0 Å². The van der Waals surface area contributed by atoms with Crippen molar-refractivity contribution >= 4 is 5.91 Å². The Morgan fingerprint density at radius 3 is 3.00 bits per heavy atom. The van der Waals surface area contributed by atoms with E-state index in [0.717, 1.165) is 39.1 Å². The van der Waals surface area contributed by atoms with E-state index in [1.54, 1.807) is 4.90 Å². The summed E-state index contributed by atoms with van der Waals surface area (Å²) < 4.78 is 10.9. The molecule has 0 bridgehead atoms. The molecule has 2 atom stereocenters. The molecule has 2 heterocycles. The quantitative estimate of drug-likeness (QED) is 0.748. The Morgan fingerprint density at radius 1 is 1.47 bits per heavy atom. The van der Waals surface area contributed by atoms with Gasteiger partial charge in [-0.25, -0.2) is 0 Å². The zero-order chi connectivity index (χ0) is 12.1. The van der Waals surface area contributed by atoms with E-state index < -0.39 is 0 Å². The Morgan fingerprint density at radius 2 is 2.35 bits per heavy atom. The average Bonchev–Trinajstić information content (AvgIpc) is 2.40. The molecule has 0 spiro atoms. The number of carbonyl (C=O) groups excluding carboxylic acids is 1. The van der Waals surface area contributed by atoms with E-state index >= 15 is 0 Å². The van der Waals surface area contributed by atoms with Crippen molar-refractivity contribution in [1.29, 1.82) is 0 Å². The Hall–Kier alpha value is -0.650. The van der Waals surface area contributed by atoms with Crippen molar-refractivity contribution in [2.75, 3.05) is 46.5 Å². The van der Waals surface area contributed by atoms with Crippen LogP contribution in [0.2, 0.25) is 0 Å². The molecule has 1 N–H and O–H groups in total. The van der Waals surface area contributed by atoms with Crippen LogP contribution in [0.1, 0.15) is 12.8 Å². The number of carbonyl (C=O) groups is 1. The van der Waals surface area contributed by atoms with Crippen molar-refractivity contribution in [3.63, 3.8) is 0 Å². The highest BCUT2D eigenvalue weighted by Crippen LogP contribution is 2.15. The van der Waals surface area contributed by atoms with Crippen LogP contribution in [-0.2, 0) is 14.3 Å². The lowest BCUT2D eigenvalue weighted by atomic mass is 10.0. The van der Waals surface area contributed by atoms with E-state index in [2.05, 4.69) is 5.32 Å². The Labute approximate surface area is 102 Å². The zero-order valence-electron chi connectivity index (χ0n) is 10.5. The molecule has 1 amide bonds. The smallest absolute Gasteiger partial charge is 0.252 e. The van der Waals surface area contributed by atoms with E-state index in [9.17, 15) is 4.79 Å². The van der Waals surface area contributed by atoms with Gasteiger partial charge in [-0.3, -0.25) is 4.79 Å². The molecule has 2 rings (SSSR count). The molecule has 2 saturated heterocycles. The van der Waals surface area contributed by atoms with Crippen molar-refractivity contribution in [1.82, 2.24) is 10.2 Å². The Balaban J connectivity index is 1.77. The first-order chi connectivity index (χ1) is 8.27. The number of nitrogens with one attached hydrogen (secondary N) is 1. The molecule has 5 heteroatoms. The first kappa shape index (κ1) is 12.8. The molecule has 2 aliphatic rings. The number of likely N-dealkylation sites (N-methyl/N-ethyl adjacent to an activating group) is 1. The van der Waals surface area contributed by atoms with Gasteiger partial charge in [0.2, 0.25) is 0 Å². The third-order valence-corrected chi connectivity index (χ3v) is 3.37. The molecule has 0 aromatic heterocycles. The molecule has 0 aliphatic carbocycles. The number of nitrogens with zero attached hydrogens (tertiary/aromatic N) is 1. The number of hydrogen-bond donors (Lipinski definition) is 1. The minimum atomic E-state index is -0.307. The monoisotopic (exact) mass is 242 g/mol. The predicted molar refractivity (Wildman–Crippen MR) is 63.8 cm³/mol. The number of ether oxygens (including phenoxy) is 2. The number of hydrogen-bond acceptors (Lipinski definition) is 4. The van der Waals surface area contributed by atoms with E-state index in [0.29, 0.717) is 19.1 Å². The standard InChI is InChI=1S/C12H22N2O3/c1-14(8-10-3-2-5-16-9-10)12(15)11-7-13-4-6-17-11/h10-11,13H,2-9H2,1H3. The molecule has 0 aromatic rings. The molecule has 2 fully saturated rings. The summed E-state index contributed by atoms with van der Waals surface area (Å²) in [5, 5.41) is 3.18. The molecule has 98 valence electrons. The topological polar surface area (TPSA) is 50.8 Å². The highest BCUT2D eigenvalue weighted by molar-refractivity contribution is 5.81. The van der Waals surface area contributed by atoms with Crippen LogP contribution in [0.5, 0.6) is 0 Å². The van der Waals surface area contributed by atoms with Gasteiger partial charge in [-0.15, -0.1) is 0 Å². The van der Waals surface area contributed by atoms with Crippen LogP contribution in [0, 0.1) is 5.92 Å². The maximum absolute atomic E-state index is 12.1. The van der Waals surface area contributed by atoms with E-state index in [1.807, 2.05) is 7.05 Å². The first-order valence-corrected chi connectivity index (χ1v) is 6.42. The van der Waals surface area contributed by atoms with E-state index in [1.165, 1.54) is 0 Å². The van der Waals surface area contributed by atoms with Crippen LogP contribution >= 0.6 is 0 Å². The van der Waals surface area contributed by atoms with Gasteiger partial charge < -0.3 is 19.7 Å². The van der Waals surface area contributed by atoms with Crippen LogP contribution in [-0.4, -0.2) is 63.4 Å². The van der Waals surface area contributed by atoms with Crippen molar-refractivity contribution in [2.24, 2.45) is 5.92 Å². The summed E-state index contributed by atoms with van der Waals surface area (Å²) in [4.78, 5) is 13.9. The average molecular weight is 242 g/mol. The Kier molecular flexibility index (Phi) is 4.76. The molecular formula is C12H22N2O3. The minimum Gasteiger partial charge on any atom is -0.381 e. The SMILES string of the molecule is CN(CC1CCCOC1)C(=O)C1CNCCO1. The third kappa shape index (κ3) is 3.66. The fourth-order valence-electron chi connectivity index (χ4n) is 2.40. The molecule has 17 heavy (non-hydrogen) atoms. The summed E-state index contributed by atoms with van der Waals surface area (Å²) in [6.07, 6.45) is 1.95. The van der Waals surface area contributed by atoms with E-state index in [4.69, 9.17) is 9.47 Å². The van der Waals surface area contributed by atoms with Crippen molar-refractivity contribution in [3.8, 4) is 0 Å². The van der Waals surface area contributed by atoms with Gasteiger partial charge >= 0.3 is 0 Å². The lowest BCUT2D eigenvalue weighted by Gasteiger charge is -2.31. The van der Waals surface area contributed by atoms with Gasteiger partial charge in [0.25, 0.3) is 5.91 Å². The highest BCUT2D eigenvalue weighted by Gasteiger charge is 2.26. The maximum atomic E-state index is 12.1. The molecule has 0 radical (unpaired) electrons. The molecule has 0 aromatic carbocycles. The Bertz CT molecular complexity index is 248. The lowest BCUT2D eigenvalue weighted by molar-refractivity contribution is -0.145. The van der Waals surface area contributed by atoms with E-state index in [-0.39, 0.29) is 12.0 Å². The summed E-state index contributed by atoms with van der Waals surface area (Å²) in [6, 6.07) is 0. The summed E-state index contributed by atoms with van der Waals surface area (Å²) >= 11 is 0. The van der Waals surface area contributed by atoms with Crippen LogP contribution in [0.4, 0.5) is 0 Å². The van der Waals surface area contributed by atoms with Crippen LogP contribution in [0.3, 0.4) is 0 Å². The summed E-state index contributed by atoms with van der Waals surface area (Å²) in [5.41, 5.74) is 0. The molecule has 2 aliphatic heterocycles. The predicted octanol–water partition coefficient (Wildman–Crippen LogP) is -0.140. The van der Waals surface area contributed by atoms with Crippen LogP contribution < -0.4 is 5.32 Å². The second-order valence-corrected chi connectivity index (χ2v) is 4.87. The molecule has 0 saturated carbocycles. The zero-order valence-corrected chi connectivity index (χ0v) is 10.5. The van der Waals surface area contributed by atoms with Gasteiger partial charge in [0, 0.05) is 33.3 Å². The third-order valence-electron chi connectivity index (χ3n) is 3.37. The highest BCUT2D eigenvalue weighted by atomic mass is 16.5. The number of rotatable bonds is 3. The van der Waals surface area contributed by atoms with Gasteiger partial charge in [-0.1, -0.05) is 0 Å². The summed E-state index contributed by atoms with van der Waals surface area (Å²) in [7, 11) is 1.86. The van der Waals surface area contributed by atoms with Gasteiger partial charge in [0.05, 0.1) is 13.2 Å².